The van der Waals surface area contributed by atoms with Crippen LogP contribution in [0, 0.1) is 0 Å². The highest BCUT2D eigenvalue weighted by atomic mass is 32.1. The Labute approximate surface area is 145 Å². The van der Waals surface area contributed by atoms with E-state index in [1.807, 2.05) is 11.4 Å². The van der Waals surface area contributed by atoms with E-state index in [2.05, 4.69) is 20.7 Å². The molecule has 1 fully saturated rings. The monoisotopic (exact) mass is 367 g/mol. The summed E-state index contributed by atoms with van der Waals surface area (Å²) in [7, 11) is 0. The highest BCUT2D eigenvalue weighted by Crippen LogP contribution is 2.44. The Kier molecular flexibility index (Phi) is 4.73. The van der Waals surface area contributed by atoms with Gasteiger partial charge in [-0.1, -0.05) is 0 Å². The zero-order chi connectivity index (χ0) is 18.0. The van der Waals surface area contributed by atoms with E-state index in [0.717, 1.165) is 37.2 Å². The lowest BCUT2D eigenvalue weighted by molar-refractivity contribution is -0.140. The Balaban J connectivity index is 1.72. The van der Waals surface area contributed by atoms with Gasteiger partial charge in [-0.2, -0.15) is 20.1 Å². The van der Waals surface area contributed by atoms with Crippen LogP contribution in [0.4, 0.5) is 14.7 Å². The maximum Gasteiger partial charge on any atom is 0.317 e. The van der Waals surface area contributed by atoms with E-state index in [-0.39, 0.29) is 16.1 Å². The van der Waals surface area contributed by atoms with E-state index in [4.69, 9.17) is 5.84 Å². The highest BCUT2D eigenvalue weighted by Gasteiger charge is 2.39. The zero-order valence-electron chi connectivity index (χ0n) is 13.0. The molecule has 132 valence electrons. The van der Waals surface area contributed by atoms with Gasteiger partial charge in [0.25, 0.3) is 5.91 Å². The molecular formula is C15H15F2N5O2S. The number of aromatic nitrogens is 2. The van der Waals surface area contributed by atoms with E-state index in [1.54, 1.807) is 11.3 Å². The fraction of sp³-hybridized carbons (Fsp3) is 0.333. The van der Waals surface area contributed by atoms with Gasteiger partial charge < -0.3 is 5.32 Å². The summed E-state index contributed by atoms with van der Waals surface area (Å²) in [5.74, 6) is 2.55. The van der Waals surface area contributed by atoms with Crippen molar-refractivity contribution in [3.05, 3.63) is 40.3 Å². The lowest BCUT2D eigenvalue weighted by atomic mass is 9.73. The van der Waals surface area contributed by atoms with Gasteiger partial charge >= 0.3 is 12.3 Å². The first-order valence-corrected chi connectivity index (χ1v) is 8.41. The lowest BCUT2D eigenvalue weighted by Crippen LogP contribution is -2.45. The lowest BCUT2D eigenvalue weighted by Gasteiger charge is -2.42. The fourth-order valence-corrected chi connectivity index (χ4v) is 3.37. The molecule has 1 saturated carbocycles. The number of nitrogens with one attached hydrogen (secondary N) is 1. The van der Waals surface area contributed by atoms with Crippen LogP contribution in [0.2, 0.25) is 0 Å². The number of nitrogens with two attached hydrogens (primary N) is 1. The van der Waals surface area contributed by atoms with Crippen LogP contribution < -0.4 is 11.2 Å². The van der Waals surface area contributed by atoms with E-state index >= 15 is 0 Å². The number of halogens is 2. The Morgan fingerprint density at radius 3 is 2.48 bits per heavy atom. The predicted molar refractivity (Wildman–Crippen MR) is 86.9 cm³/mol. The second-order valence-electron chi connectivity index (χ2n) is 5.68. The molecule has 0 radical (unpaired) electrons. The average Bonchev–Trinajstić information content (AvgIpc) is 3.11. The minimum atomic E-state index is -3.36. The summed E-state index contributed by atoms with van der Waals surface area (Å²) in [5.41, 5.74) is 0.778. The van der Waals surface area contributed by atoms with Gasteiger partial charge in [-0.25, -0.2) is 20.8 Å². The normalized spacial score (nSPS) is 15.5. The maximum atomic E-state index is 12.3. The average molecular weight is 367 g/mol. The number of imide groups is 1. The Morgan fingerprint density at radius 2 is 2.00 bits per heavy atom. The first kappa shape index (κ1) is 17.4. The number of thiophene rings is 1. The van der Waals surface area contributed by atoms with Crippen LogP contribution in [0.5, 0.6) is 0 Å². The molecule has 0 atom stereocenters. The number of carbonyl (C=O) groups excluding carboxylic acids is 2. The second-order valence-corrected chi connectivity index (χ2v) is 6.46. The van der Waals surface area contributed by atoms with Crippen LogP contribution in [0.1, 0.15) is 35.2 Å². The number of hydrogen-bond donors (Lipinski definition) is 2. The van der Waals surface area contributed by atoms with Gasteiger partial charge in [0, 0.05) is 12.4 Å². The summed E-state index contributed by atoms with van der Waals surface area (Å²) in [6, 6.07) is 2.04. The summed E-state index contributed by atoms with van der Waals surface area (Å²) in [6.45, 7) is 0. The SMILES string of the molecule is NN(C(=O)c1cnc(NC2(c3ccsc3)CCC2)nc1)C(=O)C(F)F. The second kappa shape index (κ2) is 6.81. The van der Waals surface area contributed by atoms with Gasteiger partial charge in [0.1, 0.15) is 0 Å². The van der Waals surface area contributed by atoms with Crippen LogP contribution in [0.3, 0.4) is 0 Å². The van der Waals surface area contributed by atoms with Crippen molar-refractivity contribution in [3.63, 3.8) is 0 Å². The molecule has 7 nitrogen and oxygen atoms in total. The first-order valence-electron chi connectivity index (χ1n) is 7.47. The molecule has 0 aliphatic heterocycles. The highest BCUT2D eigenvalue weighted by molar-refractivity contribution is 7.08. The van der Waals surface area contributed by atoms with E-state index in [1.165, 1.54) is 0 Å². The van der Waals surface area contributed by atoms with Crippen molar-refractivity contribution in [2.75, 3.05) is 5.32 Å². The predicted octanol–water partition coefficient (Wildman–Crippen LogP) is 2.14. The molecule has 1 aliphatic carbocycles. The molecule has 3 N–H and O–H groups in total. The summed E-state index contributed by atoms with van der Waals surface area (Å²) < 4.78 is 24.6. The molecule has 2 amide bonds. The molecule has 0 unspecified atom stereocenters. The van der Waals surface area contributed by atoms with Gasteiger partial charge in [-0.05, 0) is 41.7 Å². The van der Waals surface area contributed by atoms with Crippen molar-refractivity contribution in [1.82, 2.24) is 15.0 Å². The Hall–Kier alpha value is -2.46. The maximum absolute atomic E-state index is 12.3. The molecule has 0 bridgehead atoms. The van der Waals surface area contributed by atoms with E-state index in [0.29, 0.717) is 5.95 Å². The molecule has 0 saturated heterocycles. The van der Waals surface area contributed by atoms with Crippen LogP contribution in [0.15, 0.2) is 29.2 Å². The number of hydrogen-bond acceptors (Lipinski definition) is 7. The van der Waals surface area contributed by atoms with Crippen LogP contribution >= 0.6 is 11.3 Å². The Bertz CT molecular complexity index is 763. The van der Waals surface area contributed by atoms with Gasteiger partial charge in [0.2, 0.25) is 5.95 Å². The smallest absolute Gasteiger partial charge is 0.317 e. The molecular weight excluding hydrogens is 352 g/mol. The van der Waals surface area contributed by atoms with Crippen molar-refractivity contribution in [2.24, 2.45) is 5.84 Å². The number of rotatable bonds is 5. The summed E-state index contributed by atoms with van der Waals surface area (Å²) in [4.78, 5) is 31.0. The third-order valence-corrected chi connectivity index (χ3v) is 4.86. The summed E-state index contributed by atoms with van der Waals surface area (Å²) >= 11 is 1.60. The molecule has 0 aromatic carbocycles. The number of anilines is 1. The number of alkyl halides is 2. The summed E-state index contributed by atoms with van der Waals surface area (Å²) in [6.07, 6.45) is 1.89. The topological polar surface area (TPSA) is 101 Å². The molecule has 2 aromatic rings. The standard InChI is InChI=1S/C15H15F2N5O2S/c16-11(17)13(24)22(18)12(23)9-6-19-14(20-7-9)21-15(3-1-4-15)10-2-5-25-8-10/h2,5-8,11H,1,3-4,18H2,(H,19,20,21). The number of hydrazine groups is 1. The fourth-order valence-electron chi connectivity index (χ4n) is 2.61. The third kappa shape index (κ3) is 3.35. The van der Waals surface area contributed by atoms with Crippen molar-refractivity contribution in [2.45, 2.75) is 31.2 Å². The first-order chi connectivity index (χ1) is 11.9. The van der Waals surface area contributed by atoms with Crippen molar-refractivity contribution < 1.29 is 18.4 Å². The third-order valence-electron chi connectivity index (χ3n) is 4.17. The molecule has 2 heterocycles. The van der Waals surface area contributed by atoms with Gasteiger partial charge in [0.15, 0.2) is 0 Å². The van der Waals surface area contributed by atoms with Gasteiger partial charge in [-0.3, -0.25) is 9.59 Å². The van der Waals surface area contributed by atoms with Crippen LogP contribution in [-0.4, -0.2) is 33.2 Å². The van der Waals surface area contributed by atoms with Gasteiger partial charge in [-0.15, -0.1) is 0 Å². The zero-order valence-corrected chi connectivity index (χ0v) is 13.8. The number of amides is 2. The quantitative estimate of drug-likeness (QED) is 0.477. The van der Waals surface area contributed by atoms with Crippen LogP contribution in [-0.2, 0) is 10.3 Å². The van der Waals surface area contributed by atoms with E-state index < -0.39 is 18.2 Å². The van der Waals surface area contributed by atoms with Crippen molar-refractivity contribution >= 4 is 29.1 Å². The molecule has 1 aliphatic rings. The molecule has 3 rings (SSSR count). The minimum absolute atomic E-state index is 0.130. The molecule has 25 heavy (non-hydrogen) atoms. The molecule has 2 aromatic heterocycles. The van der Waals surface area contributed by atoms with Crippen molar-refractivity contribution in [3.8, 4) is 0 Å². The van der Waals surface area contributed by atoms with Crippen LogP contribution in [0.25, 0.3) is 0 Å². The van der Waals surface area contributed by atoms with E-state index in [9.17, 15) is 18.4 Å². The Morgan fingerprint density at radius 1 is 1.32 bits per heavy atom. The van der Waals surface area contributed by atoms with Gasteiger partial charge in [0.05, 0.1) is 11.1 Å². The molecule has 10 heteroatoms. The minimum Gasteiger partial charge on any atom is -0.345 e. The van der Waals surface area contributed by atoms with Crippen molar-refractivity contribution in [1.29, 1.82) is 0 Å². The number of carbonyl (C=O) groups is 2. The number of nitrogens with zero attached hydrogens (tertiary/aromatic N) is 3. The largest absolute Gasteiger partial charge is 0.345 e. The summed E-state index contributed by atoms with van der Waals surface area (Å²) in [5, 5.41) is 7.20. The molecule has 0 spiro atoms.